The summed E-state index contributed by atoms with van der Waals surface area (Å²) in [5.74, 6) is -0.457. The maximum absolute atomic E-state index is 13.1. The van der Waals surface area contributed by atoms with E-state index in [0.717, 1.165) is 25.0 Å². The van der Waals surface area contributed by atoms with E-state index in [1.807, 2.05) is 0 Å². The fourth-order valence-electron chi connectivity index (χ4n) is 2.75. The van der Waals surface area contributed by atoms with Crippen LogP contribution in [0.25, 0.3) is 0 Å². The zero-order valence-electron chi connectivity index (χ0n) is 12.4. The highest BCUT2D eigenvalue weighted by Crippen LogP contribution is 2.29. The molecule has 116 valence electrons. The topological polar surface area (TPSA) is 29.1 Å². The van der Waals surface area contributed by atoms with Crippen LogP contribution >= 0.6 is 11.8 Å². The lowest BCUT2D eigenvalue weighted by Gasteiger charge is -2.34. The maximum atomic E-state index is 13.1. The molecule has 1 saturated carbocycles. The van der Waals surface area contributed by atoms with E-state index in [4.69, 9.17) is 0 Å². The molecule has 0 radical (unpaired) electrons. The van der Waals surface area contributed by atoms with Crippen LogP contribution in [0.15, 0.2) is 23.1 Å². The Hall–Kier alpha value is -1.10. The average molecular weight is 313 g/mol. The summed E-state index contributed by atoms with van der Waals surface area (Å²) in [6.45, 7) is 4.40. The lowest BCUT2D eigenvalue weighted by Crippen LogP contribution is -2.44. The Labute approximate surface area is 128 Å². The summed E-state index contributed by atoms with van der Waals surface area (Å²) >= 11 is 1.22. The number of halogens is 2. The Morgan fingerprint density at radius 3 is 2.76 bits per heavy atom. The molecule has 1 N–H and O–H groups in total. The van der Waals surface area contributed by atoms with Crippen LogP contribution in [0.5, 0.6) is 0 Å². The number of hydrogen-bond donors (Lipinski definition) is 1. The number of carbonyl (C=O) groups excluding carboxylic acids is 1. The van der Waals surface area contributed by atoms with Gasteiger partial charge in [-0.15, -0.1) is 11.8 Å². The van der Waals surface area contributed by atoms with Crippen molar-refractivity contribution < 1.29 is 13.6 Å². The van der Waals surface area contributed by atoms with E-state index in [1.165, 1.54) is 24.2 Å². The molecule has 0 unspecified atom stereocenters. The minimum Gasteiger partial charge on any atom is -0.352 e. The van der Waals surface area contributed by atoms with Gasteiger partial charge in [0.05, 0.1) is 5.75 Å². The van der Waals surface area contributed by atoms with E-state index in [-0.39, 0.29) is 17.7 Å². The van der Waals surface area contributed by atoms with Crippen molar-refractivity contribution in [1.82, 2.24) is 5.32 Å². The van der Waals surface area contributed by atoms with Gasteiger partial charge in [0.2, 0.25) is 5.91 Å². The van der Waals surface area contributed by atoms with Gasteiger partial charge in [-0.25, -0.2) is 8.78 Å². The number of hydrogen-bond acceptors (Lipinski definition) is 2. The Kier molecular flexibility index (Phi) is 5.62. The first-order chi connectivity index (χ1) is 9.97. The Morgan fingerprint density at radius 2 is 2.05 bits per heavy atom. The number of benzene rings is 1. The molecule has 2 rings (SSSR count). The van der Waals surface area contributed by atoms with E-state index in [9.17, 15) is 13.6 Å². The predicted octanol–water partition coefficient (Wildman–Crippen LogP) is 4.00. The second-order valence-corrected chi connectivity index (χ2v) is 6.85. The van der Waals surface area contributed by atoms with Crippen LogP contribution in [0.1, 0.15) is 33.1 Å². The number of thioether (sulfide) groups is 1. The molecule has 0 aliphatic heterocycles. The molecule has 2 nitrogen and oxygen atoms in total. The Bertz CT molecular complexity index is 509. The number of rotatable bonds is 4. The van der Waals surface area contributed by atoms with Crippen LogP contribution in [0.4, 0.5) is 8.78 Å². The maximum Gasteiger partial charge on any atom is 0.230 e. The first-order valence-electron chi connectivity index (χ1n) is 7.34. The van der Waals surface area contributed by atoms with Gasteiger partial charge in [-0.05, 0) is 36.5 Å². The van der Waals surface area contributed by atoms with Crippen molar-refractivity contribution in [2.45, 2.75) is 44.0 Å². The molecular weight excluding hydrogens is 292 g/mol. The smallest absolute Gasteiger partial charge is 0.230 e. The minimum absolute atomic E-state index is 0.0457. The molecule has 5 heteroatoms. The van der Waals surface area contributed by atoms with Crippen LogP contribution < -0.4 is 5.32 Å². The van der Waals surface area contributed by atoms with Crippen LogP contribution in [0, 0.1) is 23.5 Å². The normalized spacial score (nSPS) is 25.6. The summed E-state index contributed by atoms with van der Waals surface area (Å²) in [5, 5.41) is 3.07. The SMILES string of the molecule is C[C@@H]1[C@H](C)CCC[C@@H]1NC(=O)CSc1ccc(F)c(F)c1. The quantitative estimate of drug-likeness (QED) is 0.851. The van der Waals surface area contributed by atoms with Crippen LogP contribution in [-0.2, 0) is 4.79 Å². The molecule has 0 aromatic heterocycles. The van der Waals surface area contributed by atoms with Gasteiger partial charge in [0.25, 0.3) is 0 Å². The molecule has 1 amide bonds. The van der Waals surface area contributed by atoms with Crippen molar-refractivity contribution in [3.05, 3.63) is 29.8 Å². The first-order valence-corrected chi connectivity index (χ1v) is 8.33. The molecule has 0 saturated heterocycles. The van der Waals surface area contributed by atoms with E-state index < -0.39 is 11.6 Å². The van der Waals surface area contributed by atoms with Crippen molar-refractivity contribution in [3.63, 3.8) is 0 Å². The average Bonchev–Trinajstić information content (AvgIpc) is 2.45. The molecule has 3 atom stereocenters. The molecule has 1 aliphatic rings. The van der Waals surface area contributed by atoms with Crippen molar-refractivity contribution in [3.8, 4) is 0 Å². The second-order valence-electron chi connectivity index (χ2n) is 5.81. The van der Waals surface area contributed by atoms with Gasteiger partial charge in [-0.2, -0.15) is 0 Å². The summed E-state index contributed by atoms with van der Waals surface area (Å²) in [4.78, 5) is 12.6. The number of carbonyl (C=O) groups is 1. The third-order valence-electron chi connectivity index (χ3n) is 4.31. The van der Waals surface area contributed by atoms with E-state index in [2.05, 4.69) is 19.2 Å². The van der Waals surface area contributed by atoms with E-state index in [1.54, 1.807) is 0 Å². The van der Waals surface area contributed by atoms with Gasteiger partial charge in [-0.1, -0.05) is 26.7 Å². The third kappa shape index (κ3) is 4.43. The summed E-state index contributed by atoms with van der Waals surface area (Å²) in [6.07, 6.45) is 3.39. The van der Waals surface area contributed by atoms with Crippen LogP contribution in [0.2, 0.25) is 0 Å². The number of nitrogens with one attached hydrogen (secondary N) is 1. The van der Waals surface area contributed by atoms with E-state index >= 15 is 0 Å². The molecule has 0 heterocycles. The molecule has 0 bridgehead atoms. The summed E-state index contributed by atoms with van der Waals surface area (Å²) in [6, 6.07) is 3.92. The second kappa shape index (κ2) is 7.25. The van der Waals surface area contributed by atoms with Gasteiger partial charge >= 0.3 is 0 Å². The predicted molar refractivity (Wildman–Crippen MR) is 81.2 cm³/mol. The Balaban J connectivity index is 1.83. The molecule has 1 fully saturated rings. The first kappa shape index (κ1) is 16.3. The van der Waals surface area contributed by atoms with Gasteiger partial charge in [0.15, 0.2) is 11.6 Å². The fraction of sp³-hybridized carbons (Fsp3) is 0.562. The zero-order chi connectivity index (χ0) is 15.4. The molecular formula is C16H21F2NOS. The van der Waals surface area contributed by atoms with Crippen molar-refractivity contribution in [2.75, 3.05) is 5.75 Å². The van der Waals surface area contributed by atoms with E-state index in [0.29, 0.717) is 16.7 Å². The van der Waals surface area contributed by atoms with Gasteiger partial charge < -0.3 is 5.32 Å². The number of amides is 1. The largest absolute Gasteiger partial charge is 0.352 e. The molecule has 1 aromatic carbocycles. The van der Waals surface area contributed by atoms with Crippen LogP contribution in [0.3, 0.4) is 0 Å². The monoisotopic (exact) mass is 313 g/mol. The van der Waals surface area contributed by atoms with Crippen LogP contribution in [-0.4, -0.2) is 17.7 Å². The highest BCUT2D eigenvalue weighted by molar-refractivity contribution is 8.00. The molecule has 1 aliphatic carbocycles. The van der Waals surface area contributed by atoms with Crippen molar-refractivity contribution in [2.24, 2.45) is 11.8 Å². The summed E-state index contributed by atoms with van der Waals surface area (Å²) in [7, 11) is 0. The molecule has 1 aromatic rings. The third-order valence-corrected chi connectivity index (χ3v) is 5.31. The minimum atomic E-state index is -0.880. The lowest BCUT2D eigenvalue weighted by molar-refractivity contribution is -0.119. The standard InChI is InChI=1S/C16H21F2NOS/c1-10-4-3-5-15(11(10)2)19-16(20)9-21-12-6-7-13(17)14(18)8-12/h6-8,10-11,15H,3-5,9H2,1-2H3,(H,19,20)/t10-,11-,15+/m1/s1. The fourth-order valence-corrected chi connectivity index (χ4v) is 3.48. The van der Waals surface area contributed by atoms with Crippen molar-refractivity contribution >= 4 is 17.7 Å². The molecule has 21 heavy (non-hydrogen) atoms. The van der Waals surface area contributed by atoms with Gasteiger partial charge in [0, 0.05) is 10.9 Å². The van der Waals surface area contributed by atoms with Gasteiger partial charge in [0.1, 0.15) is 0 Å². The zero-order valence-corrected chi connectivity index (χ0v) is 13.2. The summed E-state index contributed by atoms with van der Waals surface area (Å²) < 4.78 is 25.9. The molecule has 0 spiro atoms. The van der Waals surface area contributed by atoms with Gasteiger partial charge in [-0.3, -0.25) is 4.79 Å². The Morgan fingerprint density at radius 1 is 1.29 bits per heavy atom. The highest BCUT2D eigenvalue weighted by Gasteiger charge is 2.27. The van der Waals surface area contributed by atoms with Crippen molar-refractivity contribution in [1.29, 1.82) is 0 Å². The highest BCUT2D eigenvalue weighted by atomic mass is 32.2. The lowest BCUT2D eigenvalue weighted by atomic mass is 9.78. The summed E-state index contributed by atoms with van der Waals surface area (Å²) in [5.41, 5.74) is 0.